The minimum absolute atomic E-state index is 0.0847. The fourth-order valence-corrected chi connectivity index (χ4v) is 64.0. The highest BCUT2D eigenvalue weighted by molar-refractivity contribution is 6.99. The maximum atomic E-state index is 8.76. The van der Waals surface area contributed by atoms with Crippen molar-refractivity contribution >= 4 is 71.4 Å². The maximum Gasteiger partial charge on any atom is 0.487 e. The van der Waals surface area contributed by atoms with Crippen LogP contribution in [0.5, 0.6) is 0 Å². The summed E-state index contributed by atoms with van der Waals surface area (Å²) in [5.41, 5.74) is 0. The van der Waals surface area contributed by atoms with Crippen molar-refractivity contribution in [3.63, 3.8) is 0 Å². The zero-order valence-electron chi connectivity index (χ0n) is 55.0. The second kappa shape index (κ2) is 25.1. The number of hydrogen-bond acceptors (Lipinski definition) is 20. The van der Waals surface area contributed by atoms with E-state index in [-0.39, 0.29) is 16.6 Å². The van der Waals surface area contributed by atoms with Crippen molar-refractivity contribution in [2.75, 3.05) is 6.79 Å². The number of ether oxygens (including phenoxy) is 8. The van der Waals surface area contributed by atoms with Gasteiger partial charge in [-0.15, -0.1) is 0 Å². The predicted octanol–water partition coefficient (Wildman–Crippen LogP) is 11.5. The summed E-state index contributed by atoms with van der Waals surface area (Å²) in [6.07, 6.45) is 39.0. The van der Waals surface area contributed by atoms with E-state index >= 15 is 0 Å². The highest BCUT2D eigenvalue weighted by atomic mass is 28.6. The van der Waals surface area contributed by atoms with Gasteiger partial charge in [-0.2, -0.15) is 0 Å². The predicted molar refractivity (Wildman–Crippen MR) is 347 cm³/mol. The van der Waals surface area contributed by atoms with Gasteiger partial charge in [-0.05, 0) is 252 Å². The molecular formula is C65H106O20Si8. The van der Waals surface area contributed by atoms with E-state index < -0.39 is 61.6 Å². The number of fused-ring (bicyclic) bond motifs is 12. The van der Waals surface area contributed by atoms with E-state index in [1.54, 1.807) is 0 Å². The summed E-state index contributed by atoms with van der Waals surface area (Å²) in [4.78, 5) is 0. The zero-order valence-corrected chi connectivity index (χ0v) is 63.0. The van der Waals surface area contributed by atoms with Crippen LogP contribution < -0.4 is 0 Å². The van der Waals surface area contributed by atoms with Gasteiger partial charge in [0.15, 0.2) is 0 Å². The molecule has 93 heavy (non-hydrogen) atoms. The highest BCUT2D eigenvalue weighted by Gasteiger charge is 2.79. The molecule has 12 aliphatic heterocycles. The van der Waals surface area contributed by atoms with Gasteiger partial charge in [0.1, 0.15) is 6.79 Å². The van der Waals surface area contributed by atoms with Gasteiger partial charge in [0.25, 0.3) is 0 Å². The largest absolute Gasteiger partial charge is 0.487 e. The Morgan fingerprint density at radius 2 is 0.462 bits per heavy atom. The molecule has 8 aliphatic carbocycles. The molecule has 28 unspecified atom stereocenters. The van der Waals surface area contributed by atoms with Crippen molar-refractivity contribution in [2.45, 2.75) is 351 Å². The van der Waals surface area contributed by atoms with E-state index in [2.05, 4.69) is 0 Å². The smallest absolute Gasteiger partial charge is 0.416 e. The SMILES string of the molecule is C1O[Si]2(CCC3CCC4OC4C3)O[Si]3(CCC4CCC5OC5C4)O[Si](CCC4CCC5OC5C4)(O1)O[Si]1(CCC4CCC5OC5C4)O[Si](CCC4CCC5OC5C4)(O[Si]CCC4CCC5OC5C4)O[Si](CCC4CCC5OC5C4)(O2)O[Si](CCC2CCC4OC4C2)(O3)O1. The summed E-state index contributed by atoms with van der Waals surface area (Å²) in [5.74, 6) is 3.51. The lowest BCUT2D eigenvalue weighted by molar-refractivity contribution is -0.0584. The van der Waals surface area contributed by atoms with E-state index in [1.807, 2.05) is 0 Å². The lowest BCUT2D eigenvalue weighted by Crippen LogP contribution is -2.83. The van der Waals surface area contributed by atoms with Crippen LogP contribution in [-0.4, -0.2) is 176 Å². The van der Waals surface area contributed by atoms with Crippen LogP contribution in [0.3, 0.4) is 0 Å². The fraction of sp³-hybridized carbons (Fsp3) is 1.00. The average molecular weight is 1430 g/mol. The monoisotopic (exact) mass is 1430 g/mol. The topological polar surface area (TPSA) is 211 Å². The molecule has 0 amide bonds. The standard InChI is InChI=1S/C65H106O20Si8/c1-9-50-58(68-50)33-42(1)17-25-86-76-89(28-20-45-4-12-53-61(36-45)71-53)81-91(30-22-47-6-14-55-63(38-47)73-55)79-87(26-18-43-2-10-51-59(34-43)69-51)66-41-67-88(27-19-44-3-11-52-60(35-44)70-52)78-90(77-87,29-21-46-5-13-54-62(37-46)72-54)83-93(84-91,32-24-49-8-16-57-65(40-49)75-57)85-92(80-88,82-89)31-23-48-7-15-56-64(39-48)74-56/h42-65H,1-41H2. The molecular weight excluding hydrogens is 1330 g/mol. The van der Waals surface area contributed by atoms with Crippen molar-refractivity contribution in [3.8, 4) is 0 Å². The molecule has 20 aliphatic rings. The van der Waals surface area contributed by atoms with Gasteiger partial charge >= 0.3 is 61.6 Å². The summed E-state index contributed by atoms with van der Waals surface area (Å²) in [5, 5.41) is 0. The molecule has 6 bridgehead atoms. The highest BCUT2D eigenvalue weighted by Crippen LogP contribution is 2.57. The molecule has 28 heteroatoms. The van der Waals surface area contributed by atoms with Crippen molar-refractivity contribution in [1.82, 2.24) is 0 Å². The third-order valence-corrected chi connectivity index (χ3v) is 59.3. The molecule has 2 radical (unpaired) electrons. The fourth-order valence-electron chi connectivity index (χ4n) is 21.0. The van der Waals surface area contributed by atoms with Crippen LogP contribution in [-0.2, 0) is 87.9 Å². The van der Waals surface area contributed by atoms with E-state index in [9.17, 15) is 0 Å². The zero-order chi connectivity index (χ0) is 61.2. The maximum absolute atomic E-state index is 8.76. The summed E-state index contributed by atoms with van der Waals surface area (Å²) < 4.78 is 152. The molecule has 0 aromatic rings. The molecule has 20 fully saturated rings. The molecule has 0 aromatic heterocycles. The van der Waals surface area contributed by atoms with Crippen molar-refractivity contribution in [2.24, 2.45) is 47.3 Å². The lowest BCUT2D eigenvalue weighted by Gasteiger charge is -2.59. The minimum atomic E-state index is -4.26. The van der Waals surface area contributed by atoms with E-state index in [0.29, 0.717) is 187 Å². The Morgan fingerprint density at radius 1 is 0.237 bits per heavy atom. The number of hydrogen-bond donors (Lipinski definition) is 0. The third-order valence-electron chi connectivity index (χ3n) is 27.2. The third kappa shape index (κ3) is 14.2. The summed E-state index contributed by atoms with van der Waals surface area (Å²) in [7, 11) is -29.0. The minimum Gasteiger partial charge on any atom is -0.416 e. The molecule has 12 heterocycles. The molecule has 20 nitrogen and oxygen atoms in total. The second-order valence-corrected chi connectivity index (χ2v) is 56.4. The van der Waals surface area contributed by atoms with Crippen LogP contribution in [0.25, 0.3) is 0 Å². The van der Waals surface area contributed by atoms with Gasteiger partial charge in [0.05, 0.1) is 97.7 Å². The Morgan fingerprint density at radius 3 is 0.731 bits per heavy atom. The van der Waals surface area contributed by atoms with Gasteiger partial charge in [-0.25, -0.2) is 0 Å². The lowest BCUT2D eigenvalue weighted by atomic mass is 9.88. The van der Waals surface area contributed by atoms with Crippen LogP contribution in [0, 0.1) is 47.3 Å². The average Bonchev–Trinajstić information content (AvgIpc) is 1.25. The van der Waals surface area contributed by atoms with Gasteiger partial charge < -0.3 is 87.9 Å². The Labute approximate surface area is 561 Å². The number of rotatable bonds is 26. The Hall–Kier alpha value is 0.935. The van der Waals surface area contributed by atoms with Crippen LogP contribution in [0.1, 0.15) is 205 Å². The first-order valence-corrected chi connectivity index (χ1v) is 53.3. The Kier molecular flexibility index (Phi) is 17.2. The van der Waals surface area contributed by atoms with Gasteiger partial charge in [0, 0.05) is 42.3 Å². The summed E-state index contributed by atoms with van der Waals surface area (Å²) >= 11 is 0. The van der Waals surface area contributed by atoms with E-state index in [4.69, 9.17) is 87.9 Å². The Bertz CT molecular complexity index is 2630. The first-order valence-electron chi connectivity index (χ1n) is 38.7. The molecule has 518 valence electrons. The van der Waals surface area contributed by atoms with Crippen LogP contribution in [0.2, 0.25) is 48.4 Å². The molecule has 28 atom stereocenters. The Balaban J connectivity index is 0.743. The van der Waals surface area contributed by atoms with Crippen LogP contribution in [0.4, 0.5) is 0 Å². The number of epoxide rings is 8. The normalized spacial score (nSPS) is 56.0. The van der Waals surface area contributed by atoms with Gasteiger partial charge in [-0.3, -0.25) is 0 Å². The van der Waals surface area contributed by atoms with E-state index in [1.165, 1.54) is 6.42 Å². The molecule has 0 spiro atoms. The molecule has 8 saturated carbocycles. The van der Waals surface area contributed by atoms with Crippen molar-refractivity contribution in [3.05, 3.63) is 0 Å². The van der Waals surface area contributed by atoms with Gasteiger partial charge in [0.2, 0.25) is 9.76 Å². The van der Waals surface area contributed by atoms with E-state index in [0.717, 1.165) is 205 Å². The summed E-state index contributed by atoms with van der Waals surface area (Å²) in [6, 6.07) is 4.84. The quantitative estimate of drug-likeness (QED) is 0.0447. The molecule has 12 saturated heterocycles. The van der Waals surface area contributed by atoms with Crippen LogP contribution in [0.15, 0.2) is 0 Å². The van der Waals surface area contributed by atoms with Gasteiger partial charge in [-0.1, -0.05) is 6.42 Å². The van der Waals surface area contributed by atoms with Crippen molar-refractivity contribution < 1.29 is 87.9 Å². The molecule has 20 rings (SSSR count). The van der Waals surface area contributed by atoms with Crippen LogP contribution >= 0.6 is 0 Å². The molecule has 0 aromatic carbocycles. The second-order valence-electron chi connectivity index (χ2n) is 33.8. The first kappa shape index (κ1) is 63.6. The first-order chi connectivity index (χ1) is 45.4. The molecule has 0 N–H and O–H groups in total. The summed E-state index contributed by atoms with van der Waals surface area (Å²) in [6.45, 7) is -0.0847. The van der Waals surface area contributed by atoms with Crippen molar-refractivity contribution in [1.29, 1.82) is 0 Å².